The Kier molecular flexibility index (Phi) is 7.32. The number of rotatable bonds is 5. The lowest BCUT2D eigenvalue weighted by Gasteiger charge is -1.95. The molecule has 60 valence electrons. The highest BCUT2D eigenvalue weighted by molar-refractivity contribution is 6.18. The largest absolute Gasteiger partial charge is 0.513 e. The van der Waals surface area contributed by atoms with Gasteiger partial charge in [0.1, 0.15) is 0 Å². The van der Waals surface area contributed by atoms with E-state index in [4.69, 9.17) is 28.3 Å². The smallest absolute Gasteiger partial charge is 0.0883 e. The van der Waals surface area contributed by atoms with Crippen molar-refractivity contribution in [1.29, 1.82) is 0 Å². The van der Waals surface area contributed by atoms with Gasteiger partial charge in [0.25, 0.3) is 0 Å². The number of hydrogen-bond acceptors (Lipinski definition) is 1. The van der Waals surface area contributed by atoms with Gasteiger partial charge in [-0.15, -0.1) is 23.2 Å². The van der Waals surface area contributed by atoms with E-state index >= 15 is 0 Å². The van der Waals surface area contributed by atoms with Crippen molar-refractivity contribution >= 4 is 23.2 Å². The summed E-state index contributed by atoms with van der Waals surface area (Å²) in [5, 5.41) is 9.06. The minimum Gasteiger partial charge on any atom is -0.513 e. The minimum atomic E-state index is 0.404. The molecule has 1 N–H and O–H groups in total. The minimum absolute atomic E-state index is 0.404. The third-order valence-electron chi connectivity index (χ3n) is 1.06. The zero-order valence-corrected chi connectivity index (χ0v) is 7.33. The first kappa shape index (κ1) is 10.1. The molecule has 0 heterocycles. The van der Waals surface area contributed by atoms with Gasteiger partial charge in [-0.3, -0.25) is 0 Å². The van der Waals surface area contributed by atoms with Crippen molar-refractivity contribution in [2.75, 3.05) is 11.8 Å². The molecule has 0 aromatic carbocycles. The zero-order valence-electron chi connectivity index (χ0n) is 5.82. The predicted octanol–water partition coefficient (Wildman–Crippen LogP) is 3.08. The third-order valence-corrected chi connectivity index (χ3v) is 1.54. The van der Waals surface area contributed by atoms with Crippen molar-refractivity contribution in [2.24, 2.45) is 0 Å². The molecule has 0 rings (SSSR count). The first-order valence-electron chi connectivity index (χ1n) is 3.31. The van der Waals surface area contributed by atoms with Gasteiger partial charge in [0, 0.05) is 18.2 Å². The molecule has 0 amide bonds. The normalized spacial score (nSPS) is 12.0. The van der Waals surface area contributed by atoms with E-state index in [0.717, 1.165) is 12.8 Å². The first-order chi connectivity index (χ1) is 4.81. The average molecular weight is 183 g/mol. The van der Waals surface area contributed by atoms with Gasteiger partial charge in [-0.25, -0.2) is 0 Å². The molecular weight excluding hydrogens is 171 g/mol. The fraction of sp³-hybridized carbons (Fsp3) is 0.714. The van der Waals surface area contributed by atoms with Crippen molar-refractivity contribution in [1.82, 2.24) is 0 Å². The summed E-state index contributed by atoms with van der Waals surface area (Å²) in [7, 11) is 0. The van der Waals surface area contributed by atoms with Gasteiger partial charge in [-0.05, 0) is 18.9 Å². The third kappa shape index (κ3) is 6.24. The SMILES string of the molecule is O/C(=C\CCCl)CCCCl. The van der Waals surface area contributed by atoms with E-state index in [9.17, 15) is 0 Å². The molecule has 0 spiro atoms. The van der Waals surface area contributed by atoms with Crippen LogP contribution in [0.25, 0.3) is 0 Å². The summed E-state index contributed by atoms with van der Waals surface area (Å²) in [6.07, 6.45) is 3.96. The van der Waals surface area contributed by atoms with Crippen molar-refractivity contribution in [3.8, 4) is 0 Å². The van der Waals surface area contributed by atoms with Gasteiger partial charge >= 0.3 is 0 Å². The van der Waals surface area contributed by atoms with Crippen LogP contribution in [0.2, 0.25) is 0 Å². The van der Waals surface area contributed by atoms with Crippen LogP contribution in [-0.2, 0) is 0 Å². The van der Waals surface area contributed by atoms with Crippen molar-refractivity contribution in [2.45, 2.75) is 19.3 Å². The van der Waals surface area contributed by atoms with Crippen LogP contribution in [0.15, 0.2) is 11.8 Å². The molecule has 3 heteroatoms. The molecule has 10 heavy (non-hydrogen) atoms. The summed E-state index contributed by atoms with van der Waals surface area (Å²) >= 11 is 10.8. The van der Waals surface area contributed by atoms with E-state index in [1.807, 2.05) is 0 Å². The molecule has 0 unspecified atom stereocenters. The zero-order chi connectivity index (χ0) is 7.82. The lowest BCUT2D eigenvalue weighted by atomic mass is 10.2. The summed E-state index contributed by atoms with van der Waals surface area (Å²) in [5.41, 5.74) is 0. The van der Waals surface area contributed by atoms with E-state index in [1.165, 1.54) is 0 Å². The number of alkyl halides is 2. The van der Waals surface area contributed by atoms with Gasteiger partial charge in [0.05, 0.1) is 5.76 Å². The Hall–Kier alpha value is 0.120. The molecule has 0 aliphatic carbocycles. The summed E-state index contributed by atoms with van der Waals surface area (Å²) < 4.78 is 0. The van der Waals surface area contributed by atoms with Gasteiger partial charge in [0.2, 0.25) is 0 Å². The highest BCUT2D eigenvalue weighted by Crippen LogP contribution is 2.03. The maximum absolute atomic E-state index is 9.06. The molecule has 0 bridgehead atoms. The van der Waals surface area contributed by atoms with Crippen LogP contribution in [0.1, 0.15) is 19.3 Å². The average Bonchev–Trinajstić information content (AvgIpc) is 1.97. The summed E-state index contributed by atoms with van der Waals surface area (Å²) in [5.74, 6) is 1.56. The fourth-order valence-electron chi connectivity index (χ4n) is 0.571. The number of aliphatic hydroxyl groups excluding tert-OH is 1. The van der Waals surface area contributed by atoms with Crippen LogP contribution in [0.3, 0.4) is 0 Å². The van der Waals surface area contributed by atoms with Gasteiger partial charge in [0.15, 0.2) is 0 Å². The quantitative estimate of drug-likeness (QED) is 0.512. The van der Waals surface area contributed by atoms with Crippen LogP contribution in [0.5, 0.6) is 0 Å². The van der Waals surface area contributed by atoms with Gasteiger partial charge < -0.3 is 5.11 Å². The maximum Gasteiger partial charge on any atom is 0.0883 e. The molecule has 0 fully saturated rings. The van der Waals surface area contributed by atoms with Crippen molar-refractivity contribution < 1.29 is 5.11 Å². The molecule has 0 aliphatic heterocycles. The lowest BCUT2D eigenvalue weighted by molar-refractivity contribution is 0.384. The Morgan fingerprint density at radius 3 is 2.50 bits per heavy atom. The fourth-order valence-corrected chi connectivity index (χ4v) is 0.814. The van der Waals surface area contributed by atoms with Gasteiger partial charge in [-0.1, -0.05) is 0 Å². The van der Waals surface area contributed by atoms with Crippen molar-refractivity contribution in [3.63, 3.8) is 0 Å². The lowest BCUT2D eigenvalue weighted by Crippen LogP contribution is -1.83. The summed E-state index contributed by atoms with van der Waals surface area (Å²) in [4.78, 5) is 0. The highest BCUT2D eigenvalue weighted by atomic mass is 35.5. The van der Waals surface area contributed by atoms with Crippen LogP contribution < -0.4 is 0 Å². The Morgan fingerprint density at radius 1 is 1.30 bits per heavy atom. The second-order valence-electron chi connectivity index (χ2n) is 1.97. The molecule has 1 nitrogen and oxygen atoms in total. The van der Waals surface area contributed by atoms with Crippen LogP contribution in [0.4, 0.5) is 0 Å². The van der Waals surface area contributed by atoms with E-state index in [-0.39, 0.29) is 0 Å². The van der Waals surface area contributed by atoms with Gasteiger partial charge in [-0.2, -0.15) is 0 Å². The van der Waals surface area contributed by atoms with Crippen LogP contribution in [-0.4, -0.2) is 16.9 Å². The van der Waals surface area contributed by atoms with Crippen molar-refractivity contribution in [3.05, 3.63) is 11.8 Å². The van der Waals surface area contributed by atoms with E-state index < -0.39 is 0 Å². The van der Waals surface area contributed by atoms with E-state index in [1.54, 1.807) is 6.08 Å². The highest BCUT2D eigenvalue weighted by Gasteiger charge is 1.90. The molecule has 0 saturated carbocycles. The number of allylic oxidation sites excluding steroid dienone is 2. The summed E-state index contributed by atoms with van der Waals surface area (Å²) in [6.45, 7) is 0. The molecular formula is C7H12Cl2O. The molecule has 0 atom stereocenters. The Morgan fingerprint density at radius 2 is 2.00 bits per heavy atom. The Bertz CT molecular complexity index is 102. The number of halogens is 2. The number of aliphatic hydroxyl groups is 1. The molecule has 0 aliphatic rings. The van der Waals surface area contributed by atoms with Crippen LogP contribution in [0, 0.1) is 0 Å². The molecule has 0 radical (unpaired) electrons. The predicted molar refractivity (Wildman–Crippen MR) is 46.0 cm³/mol. The number of hydrogen-bond donors (Lipinski definition) is 1. The Balaban J connectivity index is 3.30. The molecule has 0 aromatic heterocycles. The summed E-state index contributed by atoms with van der Waals surface area (Å²) in [6, 6.07) is 0. The Labute approximate surface area is 71.6 Å². The second kappa shape index (κ2) is 7.23. The first-order valence-corrected chi connectivity index (χ1v) is 4.38. The molecule has 0 saturated heterocycles. The van der Waals surface area contributed by atoms with E-state index in [2.05, 4.69) is 0 Å². The topological polar surface area (TPSA) is 20.2 Å². The standard InChI is InChI=1S/C7H12Cl2O/c8-5-1-3-7(10)4-2-6-9/h3,10H,1-2,4-6H2/b7-3-. The monoisotopic (exact) mass is 182 g/mol. The molecule has 0 aromatic rings. The maximum atomic E-state index is 9.06. The second-order valence-corrected chi connectivity index (χ2v) is 2.72. The van der Waals surface area contributed by atoms with E-state index in [0.29, 0.717) is 23.9 Å². The van der Waals surface area contributed by atoms with Crippen LogP contribution >= 0.6 is 23.2 Å².